The van der Waals surface area contributed by atoms with Crippen LogP contribution in [-0.2, 0) is 10.0 Å². The number of hydrogen-bond acceptors (Lipinski definition) is 4. The van der Waals surface area contributed by atoms with Gasteiger partial charge in [-0.1, -0.05) is 0 Å². The van der Waals surface area contributed by atoms with Gasteiger partial charge in [0.2, 0.25) is 10.0 Å². The van der Waals surface area contributed by atoms with Gasteiger partial charge in [-0.3, -0.25) is 4.79 Å². The van der Waals surface area contributed by atoms with Crippen molar-refractivity contribution in [3.05, 3.63) is 59.4 Å². The number of benzene rings is 2. The van der Waals surface area contributed by atoms with Crippen LogP contribution in [0.1, 0.15) is 10.4 Å². The number of amides is 1. The maximum atomic E-state index is 14.1. The second-order valence-electron chi connectivity index (χ2n) is 6.12. The first kappa shape index (κ1) is 20.2. The normalized spacial score (nSPS) is 15.5. The average Bonchev–Trinajstić information content (AvgIpc) is 2.67. The van der Waals surface area contributed by atoms with Gasteiger partial charge in [-0.05, 0) is 24.3 Å². The maximum absolute atomic E-state index is 14.1. The molecule has 0 aliphatic carbocycles. The summed E-state index contributed by atoms with van der Waals surface area (Å²) >= 11 is 0. The smallest absolute Gasteiger partial charge is 0.256 e. The zero-order chi connectivity index (χ0) is 20.5. The van der Waals surface area contributed by atoms with E-state index >= 15 is 0 Å². The van der Waals surface area contributed by atoms with Crippen molar-refractivity contribution >= 4 is 15.9 Å². The zero-order valence-electron chi connectivity index (χ0n) is 14.9. The van der Waals surface area contributed by atoms with Crippen molar-refractivity contribution in [1.82, 2.24) is 9.21 Å². The Hall–Kier alpha value is -2.59. The summed E-state index contributed by atoms with van der Waals surface area (Å²) in [4.78, 5) is 13.2. The molecule has 0 N–H and O–H groups in total. The zero-order valence-corrected chi connectivity index (χ0v) is 15.7. The molecular formula is C18H17F3N2O4S. The Labute approximate surface area is 160 Å². The van der Waals surface area contributed by atoms with E-state index in [2.05, 4.69) is 0 Å². The summed E-state index contributed by atoms with van der Waals surface area (Å²) < 4.78 is 72.1. The molecule has 150 valence electrons. The molecule has 0 unspecified atom stereocenters. The molecule has 2 aromatic carbocycles. The predicted molar refractivity (Wildman–Crippen MR) is 94.0 cm³/mol. The van der Waals surface area contributed by atoms with Crippen molar-refractivity contribution in [2.24, 2.45) is 0 Å². The second-order valence-corrected chi connectivity index (χ2v) is 8.02. The van der Waals surface area contributed by atoms with Crippen molar-refractivity contribution in [3.63, 3.8) is 0 Å². The van der Waals surface area contributed by atoms with E-state index in [9.17, 15) is 26.4 Å². The molecule has 2 aromatic rings. The molecule has 3 rings (SSSR count). The Kier molecular flexibility index (Phi) is 5.61. The molecule has 0 aromatic heterocycles. The number of sulfonamides is 1. The highest BCUT2D eigenvalue weighted by molar-refractivity contribution is 7.89. The maximum Gasteiger partial charge on any atom is 0.256 e. The lowest BCUT2D eigenvalue weighted by Crippen LogP contribution is -2.50. The van der Waals surface area contributed by atoms with Gasteiger partial charge in [0, 0.05) is 38.3 Å². The van der Waals surface area contributed by atoms with E-state index in [0.29, 0.717) is 6.07 Å². The monoisotopic (exact) mass is 414 g/mol. The number of methoxy groups -OCH3 is 1. The van der Waals surface area contributed by atoms with Crippen LogP contribution < -0.4 is 4.74 Å². The first-order chi connectivity index (χ1) is 13.2. The van der Waals surface area contributed by atoms with Crippen molar-refractivity contribution < 1.29 is 31.1 Å². The number of carbonyl (C=O) groups is 1. The minimum Gasteiger partial charge on any atom is -0.497 e. The topological polar surface area (TPSA) is 66.9 Å². The van der Waals surface area contributed by atoms with E-state index in [-0.39, 0.29) is 37.5 Å². The molecule has 0 saturated carbocycles. The fraction of sp³-hybridized carbons (Fsp3) is 0.278. The Morgan fingerprint density at radius 3 is 2.21 bits per heavy atom. The molecule has 0 atom stereocenters. The van der Waals surface area contributed by atoms with Crippen LogP contribution >= 0.6 is 0 Å². The summed E-state index contributed by atoms with van der Waals surface area (Å²) in [6.45, 7) is -0.177. The fourth-order valence-electron chi connectivity index (χ4n) is 2.92. The lowest BCUT2D eigenvalue weighted by molar-refractivity contribution is 0.0693. The number of rotatable bonds is 4. The Bertz CT molecular complexity index is 1010. The van der Waals surface area contributed by atoms with E-state index in [1.165, 1.54) is 24.1 Å². The van der Waals surface area contributed by atoms with E-state index in [0.717, 1.165) is 22.5 Å². The van der Waals surface area contributed by atoms with E-state index < -0.39 is 38.3 Å². The van der Waals surface area contributed by atoms with E-state index in [1.54, 1.807) is 0 Å². The highest BCUT2D eigenvalue weighted by Gasteiger charge is 2.32. The predicted octanol–water partition coefficient (Wildman–Crippen LogP) is 2.26. The molecule has 1 fully saturated rings. The number of hydrogen-bond donors (Lipinski definition) is 0. The minimum atomic E-state index is -4.18. The molecule has 6 nitrogen and oxygen atoms in total. The van der Waals surface area contributed by atoms with Crippen molar-refractivity contribution in [2.45, 2.75) is 4.90 Å². The Balaban J connectivity index is 1.72. The number of halogens is 3. The molecule has 0 radical (unpaired) electrons. The van der Waals surface area contributed by atoms with Crippen LogP contribution in [0.25, 0.3) is 0 Å². The van der Waals surface area contributed by atoms with Crippen molar-refractivity contribution in [2.75, 3.05) is 33.3 Å². The van der Waals surface area contributed by atoms with Crippen LogP contribution in [0.5, 0.6) is 5.75 Å². The van der Waals surface area contributed by atoms with Gasteiger partial charge in [-0.2, -0.15) is 4.31 Å². The van der Waals surface area contributed by atoms with Gasteiger partial charge in [0.1, 0.15) is 28.1 Å². The molecule has 0 bridgehead atoms. The molecule has 28 heavy (non-hydrogen) atoms. The molecule has 1 aliphatic rings. The third-order valence-electron chi connectivity index (χ3n) is 4.44. The van der Waals surface area contributed by atoms with Gasteiger partial charge in [0.25, 0.3) is 5.91 Å². The van der Waals surface area contributed by atoms with Gasteiger partial charge in [-0.25, -0.2) is 21.6 Å². The van der Waals surface area contributed by atoms with Gasteiger partial charge in [-0.15, -0.1) is 0 Å². The standard InChI is InChI=1S/C18H17F3N2O4S/c1-27-13-3-4-14(15(20)11-13)18(24)22-6-8-23(9-7-22)28(25,26)17-5-2-12(19)10-16(17)21/h2-5,10-11H,6-9H2,1H3. The first-order valence-corrected chi connectivity index (χ1v) is 9.76. The fourth-order valence-corrected chi connectivity index (χ4v) is 4.39. The summed E-state index contributed by atoms with van der Waals surface area (Å²) in [5.74, 6) is -3.11. The highest BCUT2D eigenvalue weighted by Crippen LogP contribution is 2.23. The summed E-state index contributed by atoms with van der Waals surface area (Å²) in [5, 5.41) is 0. The summed E-state index contributed by atoms with van der Waals surface area (Å²) in [6.07, 6.45) is 0. The summed E-state index contributed by atoms with van der Waals surface area (Å²) in [5.41, 5.74) is -0.151. The molecule has 1 aliphatic heterocycles. The van der Waals surface area contributed by atoms with Crippen LogP contribution in [0.15, 0.2) is 41.3 Å². The first-order valence-electron chi connectivity index (χ1n) is 8.32. The van der Waals surface area contributed by atoms with E-state index in [1.807, 2.05) is 0 Å². The van der Waals surface area contributed by atoms with Gasteiger partial charge >= 0.3 is 0 Å². The third-order valence-corrected chi connectivity index (χ3v) is 6.38. The van der Waals surface area contributed by atoms with Gasteiger partial charge in [0.05, 0.1) is 12.7 Å². The highest BCUT2D eigenvalue weighted by atomic mass is 32.2. The Morgan fingerprint density at radius 1 is 0.964 bits per heavy atom. The molecule has 1 amide bonds. The number of nitrogens with zero attached hydrogens (tertiary/aromatic N) is 2. The SMILES string of the molecule is COc1ccc(C(=O)N2CCN(S(=O)(=O)c3ccc(F)cc3F)CC2)c(F)c1. The van der Waals surface area contributed by atoms with Gasteiger partial charge in [0.15, 0.2) is 0 Å². The second kappa shape index (κ2) is 7.80. The number of ether oxygens (including phenoxy) is 1. The van der Waals surface area contributed by atoms with Crippen molar-refractivity contribution in [1.29, 1.82) is 0 Å². The summed E-state index contributed by atoms with van der Waals surface area (Å²) in [7, 11) is -2.80. The minimum absolute atomic E-state index is 0.00630. The largest absolute Gasteiger partial charge is 0.497 e. The average molecular weight is 414 g/mol. The number of piperazine rings is 1. The van der Waals surface area contributed by atoms with Gasteiger partial charge < -0.3 is 9.64 Å². The van der Waals surface area contributed by atoms with Crippen LogP contribution in [0.3, 0.4) is 0 Å². The Morgan fingerprint density at radius 2 is 1.64 bits per heavy atom. The van der Waals surface area contributed by atoms with E-state index in [4.69, 9.17) is 4.74 Å². The molecule has 0 spiro atoms. The summed E-state index contributed by atoms with van der Waals surface area (Å²) in [6, 6.07) is 6.07. The number of carbonyl (C=O) groups excluding carboxylic acids is 1. The molecule has 1 saturated heterocycles. The van der Waals surface area contributed by atoms with Crippen molar-refractivity contribution in [3.8, 4) is 5.75 Å². The lowest BCUT2D eigenvalue weighted by Gasteiger charge is -2.34. The van der Waals surface area contributed by atoms with Crippen LogP contribution in [0.4, 0.5) is 13.2 Å². The van der Waals surface area contributed by atoms with Crippen LogP contribution in [0, 0.1) is 17.5 Å². The van der Waals surface area contributed by atoms with Crippen LogP contribution in [0.2, 0.25) is 0 Å². The molecule has 10 heteroatoms. The molecule has 1 heterocycles. The quantitative estimate of drug-likeness (QED) is 0.770. The molecular weight excluding hydrogens is 397 g/mol. The third kappa shape index (κ3) is 3.83. The lowest BCUT2D eigenvalue weighted by atomic mass is 10.1. The van der Waals surface area contributed by atoms with Crippen LogP contribution in [-0.4, -0.2) is 56.8 Å².